The molecule has 0 saturated heterocycles. The van der Waals surface area contributed by atoms with Gasteiger partial charge in [-0.3, -0.25) is 10.1 Å². The molecule has 0 heterocycles. The Bertz CT molecular complexity index is 639. The second-order valence-corrected chi connectivity index (χ2v) is 5.77. The van der Waals surface area contributed by atoms with Gasteiger partial charge in [0.15, 0.2) is 5.56 Å². The Morgan fingerprint density at radius 3 is 2.63 bits per heavy atom. The van der Waals surface area contributed by atoms with Crippen molar-refractivity contribution in [1.29, 1.82) is 0 Å². The van der Waals surface area contributed by atoms with Crippen LogP contribution >= 0.6 is 10.7 Å². The van der Waals surface area contributed by atoms with Crippen LogP contribution in [-0.4, -0.2) is 25.9 Å². The van der Waals surface area contributed by atoms with Crippen molar-refractivity contribution in [2.45, 2.75) is 4.90 Å². The monoisotopic (exact) mass is 305 g/mol. The van der Waals surface area contributed by atoms with E-state index in [1.807, 2.05) is 0 Å². The Morgan fingerprint density at radius 2 is 2.16 bits per heavy atom. The number of hydrogen-bond donors (Lipinski definition) is 0. The van der Waals surface area contributed by atoms with E-state index in [0.29, 0.717) is 0 Å². The highest BCUT2D eigenvalue weighted by Gasteiger charge is 2.30. The van der Waals surface area contributed by atoms with Gasteiger partial charge in [0.1, 0.15) is 11.5 Å². The van der Waals surface area contributed by atoms with Crippen LogP contribution in [0.1, 0.15) is 10.4 Å². The number of carbonyl (C=O) groups excluding carboxylic acids is 1. The fourth-order valence-electron chi connectivity index (χ4n) is 1.29. The number of carbonyl (C=O) groups is 1. The molecule has 0 aromatic heterocycles. The molecule has 0 atom stereocenters. The number of halogens is 1. The van der Waals surface area contributed by atoms with Crippen molar-refractivity contribution < 1.29 is 22.9 Å². The van der Waals surface area contributed by atoms with Gasteiger partial charge in [-0.05, 0) is 6.07 Å². The summed E-state index contributed by atoms with van der Waals surface area (Å²) >= 11 is 0. The molecule has 0 aliphatic heterocycles. The summed E-state index contributed by atoms with van der Waals surface area (Å²) in [6.45, 7) is 3.08. The number of nitro benzene ring substituents is 1. The number of ether oxygens (including phenoxy) is 1. The average Bonchev–Trinajstić information content (AvgIpc) is 2.33. The first-order valence-corrected chi connectivity index (χ1v) is 7.10. The van der Waals surface area contributed by atoms with E-state index >= 15 is 0 Å². The predicted molar refractivity (Wildman–Crippen MR) is 66.6 cm³/mol. The van der Waals surface area contributed by atoms with Crippen molar-refractivity contribution in [2.24, 2.45) is 0 Å². The summed E-state index contributed by atoms with van der Waals surface area (Å²) in [5.74, 6) is -1.16. The van der Waals surface area contributed by atoms with Crippen LogP contribution in [0.2, 0.25) is 0 Å². The third-order valence-electron chi connectivity index (χ3n) is 2.00. The van der Waals surface area contributed by atoms with Crippen molar-refractivity contribution in [1.82, 2.24) is 0 Å². The van der Waals surface area contributed by atoms with E-state index in [2.05, 4.69) is 11.3 Å². The molecule has 19 heavy (non-hydrogen) atoms. The zero-order chi connectivity index (χ0) is 14.6. The fraction of sp³-hybridized carbons (Fsp3) is 0.100. The lowest BCUT2D eigenvalue weighted by atomic mass is 10.2. The standard InChI is InChI=1S/C10H8ClNO6S/c1-2-6-18-10(13)9-7(12(14)15)4-3-5-8(9)19(11,16)17/h2-5H,1,6H2. The third-order valence-corrected chi connectivity index (χ3v) is 3.36. The van der Waals surface area contributed by atoms with Crippen LogP contribution in [0, 0.1) is 10.1 Å². The van der Waals surface area contributed by atoms with Crippen LogP contribution < -0.4 is 0 Å². The molecule has 0 fully saturated rings. The van der Waals surface area contributed by atoms with Crippen molar-refractivity contribution in [3.63, 3.8) is 0 Å². The quantitative estimate of drug-likeness (QED) is 0.270. The number of rotatable bonds is 5. The van der Waals surface area contributed by atoms with Crippen LogP contribution in [0.5, 0.6) is 0 Å². The first kappa shape index (κ1) is 15.1. The van der Waals surface area contributed by atoms with Crippen LogP contribution in [-0.2, 0) is 13.8 Å². The highest BCUT2D eigenvalue weighted by Crippen LogP contribution is 2.28. The molecule has 0 spiro atoms. The van der Waals surface area contributed by atoms with Gasteiger partial charge in [-0.2, -0.15) is 0 Å². The topological polar surface area (TPSA) is 104 Å². The molecule has 0 aliphatic carbocycles. The zero-order valence-electron chi connectivity index (χ0n) is 9.41. The van der Waals surface area contributed by atoms with Crippen LogP contribution in [0.3, 0.4) is 0 Å². The van der Waals surface area contributed by atoms with Gasteiger partial charge < -0.3 is 4.74 Å². The Kier molecular flexibility index (Phi) is 4.62. The molecular formula is C10H8ClNO6S. The smallest absolute Gasteiger partial charge is 0.346 e. The minimum Gasteiger partial charge on any atom is -0.458 e. The molecule has 0 aliphatic rings. The Hall–Kier alpha value is -1.93. The molecule has 1 aromatic carbocycles. The van der Waals surface area contributed by atoms with Gasteiger partial charge >= 0.3 is 5.97 Å². The summed E-state index contributed by atoms with van der Waals surface area (Å²) in [6.07, 6.45) is 1.24. The van der Waals surface area contributed by atoms with E-state index in [1.165, 1.54) is 6.08 Å². The molecule has 1 aromatic rings. The third kappa shape index (κ3) is 3.52. The van der Waals surface area contributed by atoms with E-state index < -0.39 is 36.1 Å². The van der Waals surface area contributed by atoms with Gasteiger partial charge in [0, 0.05) is 16.7 Å². The largest absolute Gasteiger partial charge is 0.458 e. The molecule has 0 amide bonds. The van der Waals surface area contributed by atoms with Gasteiger partial charge in [0.05, 0.1) is 4.92 Å². The molecule has 9 heteroatoms. The SMILES string of the molecule is C=CCOC(=O)c1c([N+](=O)[O-])cccc1S(=O)(=O)Cl. The summed E-state index contributed by atoms with van der Waals surface area (Å²) < 4.78 is 27.3. The summed E-state index contributed by atoms with van der Waals surface area (Å²) in [7, 11) is 0.822. The van der Waals surface area contributed by atoms with E-state index in [0.717, 1.165) is 18.2 Å². The maximum absolute atomic E-state index is 11.7. The molecular weight excluding hydrogens is 298 g/mol. The van der Waals surface area contributed by atoms with E-state index in [-0.39, 0.29) is 6.61 Å². The van der Waals surface area contributed by atoms with Gasteiger partial charge in [-0.15, -0.1) is 0 Å². The first-order valence-electron chi connectivity index (χ1n) is 4.79. The van der Waals surface area contributed by atoms with Crippen molar-refractivity contribution >= 4 is 31.4 Å². The lowest BCUT2D eigenvalue weighted by molar-refractivity contribution is -0.385. The minimum absolute atomic E-state index is 0.216. The molecule has 0 N–H and O–H groups in total. The maximum atomic E-state index is 11.7. The number of nitro groups is 1. The number of hydrogen-bond acceptors (Lipinski definition) is 6. The molecule has 0 unspecified atom stereocenters. The van der Waals surface area contributed by atoms with Crippen LogP contribution in [0.15, 0.2) is 35.7 Å². The normalized spacial score (nSPS) is 10.8. The number of esters is 1. The Labute approximate surface area is 113 Å². The zero-order valence-corrected chi connectivity index (χ0v) is 11.0. The van der Waals surface area contributed by atoms with Gasteiger partial charge in [0.25, 0.3) is 14.7 Å². The molecule has 0 bridgehead atoms. The number of benzene rings is 1. The summed E-state index contributed by atoms with van der Waals surface area (Å²) in [6, 6.07) is 3.08. The van der Waals surface area contributed by atoms with Crippen LogP contribution in [0.25, 0.3) is 0 Å². The van der Waals surface area contributed by atoms with E-state index in [1.54, 1.807) is 0 Å². The lowest BCUT2D eigenvalue weighted by Gasteiger charge is -2.06. The Balaban J connectivity index is 3.51. The van der Waals surface area contributed by atoms with Crippen molar-refractivity contribution in [3.05, 3.63) is 46.5 Å². The lowest BCUT2D eigenvalue weighted by Crippen LogP contribution is -2.12. The first-order chi connectivity index (χ1) is 8.79. The van der Waals surface area contributed by atoms with Crippen molar-refractivity contribution in [3.8, 4) is 0 Å². The van der Waals surface area contributed by atoms with Gasteiger partial charge in [-0.1, -0.05) is 18.7 Å². The fourth-order valence-corrected chi connectivity index (χ4v) is 2.35. The highest BCUT2D eigenvalue weighted by molar-refractivity contribution is 8.13. The van der Waals surface area contributed by atoms with Crippen LogP contribution in [0.4, 0.5) is 5.69 Å². The molecule has 0 saturated carbocycles. The second-order valence-electron chi connectivity index (χ2n) is 3.23. The summed E-state index contributed by atoms with van der Waals surface area (Å²) in [5, 5.41) is 10.8. The average molecular weight is 306 g/mol. The predicted octanol–water partition coefficient (Wildman–Crippen LogP) is 1.87. The molecule has 0 radical (unpaired) electrons. The van der Waals surface area contributed by atoms with Gasteiger partial charge in [-0.25, -0.2) is 13.2 Å². The van der Waals surface area contributed by atoms with E-state index in [4.69, 9.17) is 10.7 Å². The molecule has 1 rings (SSSR count). The van der Waals surface area contributed by atoms with Crippen molar-refractivity contribution in [2.75, 3.05) is 6.61 Å². The summed E-state index contributed by atoms with van der Waals surface area (Å²) in [4.78, 5) is 21.0. The van der Waals surface area contributed by atoms with Gasteiger partial charge in [0.2, 0.25) is 0 Å². The highest BCUT2D eigenvalue weighted by atomic mass is 35.7. The summed E-state index contributed by atoms with van der Waals surface area (Å²) in [5.41, 5.74) is -1.40. The number of nitrogens with zero attached hydrogens (tertiary/aromatic N) is 1. The molecule has 7 nitrogen and oxygen atoms in total. The van der Waals surface area contributed by atoms with E-state index in [9.17, 15) is 23.3 Å². The molecule has 102 valence electrons. The second kappa shape index (κ2) is 5.81. The Morgan fingerprint density at radius 1 is 1.53 bits per heavy atom. The minimum atomic E-state index is -4.32. The maximum Gasteiger partial charge on any atom is 0.346 e.